The van der Waals surface area contributed by atoms with Crippen LogP contribution >= 0.6 is 23.2 Å². The van der Waals surface area contributed by atoms with Gasteiger partial charge in [-0.15, -0.1) is 0 Å². The van der Waals surface area contributed by atoms with E-state index < -0.39 is 28.8 Å². The molecule has 5 rings (SSSR count). The van der Waals surface area contributed by atoms with Gasteiger partial charge in [0.1, 0.15) is 5.82 Å². The number of nitrogens with one attached hydrogen (secondary N) is 3. The van der Waals surface area contributed by atoms with E-state index in [0.29, 0.717) is 29.1 Å². The molecule has 168 valence electrons. The molecule has 2 amide bonds. The van der Waals surface area contributed by atoms with E-state index in [1.165, 1.54) is 6.07 Å². The second kappa shape index (κ2) is 7.42. The zero-order valence-corrected chi connectivity index (χ0v) is 18.7. The lowest BCUT2D eigenvalue weighted by molar-refractivity contribution is -0.127. The average molecular weight is 478 g/mol. The van der Waals surface area contributed by atoms with Gasteiger partial charge in [0.15, 0.2) is 0 Å². The molecule has 1 aliphatic carbocycles. The summed E-state index contributed by atoms with van der Waals surface area (Å²) in [5.41, 5.74) is -0.609. The van der Waals surface area contributed by atoms with Crippen molar-refractivity contribution >= 4 is 40.7 Å². The Bertz CT molecular complexity index is 1130. The fourth-order valence-corrected chi connectivity index (χ4v) is 5.83. The maximum atomic E-state index is 15.3. The Morgan fingerprint density at radius 3 is 2.72 bits per heavy atom. The first-order valence-corrected chi connectivity index (χ1v) is 11.2. The number of benzene rings is 2. The van der Waals surface area contributed by atoms with Gasteiger partial charge >= 0.3 is 0 Å². The Morgan fingerprint density at radius 1 is 1.25 bits per heavy atom. The standard InChI is InChI=1S/C23H22Cl2FN3O3/c1-22(32)8-12(9-22)28-20(30)19-17(13-3-2-4-15(25)18(13)26)23(10-27-19)14-6-5-11(24)7-16(14)29-21(23)31/h2-7,12,17,19,27,32H,8-10H2,1H3,(H,28,30)(H,29,31)/t12-,17-,19+,22+,23-/m0/s1. The first-order valence-electron chi connectivity index (χ1n) is 10.4. The van der Waals surface area contributed by atoms with Crippen molar-refractivity contribution in [2.24, 2.45) is 0 Å². The van der Waals surface area contributed by atoms with Crippen molar-refractivity contribution in [3.63, 3.8) is 0 Å². The lowest BCUT2D eigenvalue weighted by Crippen LogP contribution is -2.57. The van der Waals surface area contributed by atoms with Gasteiger partial charge in [0.25, 0.3) is 0 Å². The maximum Gasteiger partial charge on any atom is 0.238 e. The summed E-state index contributed by atoms with van der Waals surface area (Å²) in [6.07, 6.45) is 0.878. The van der Waals surface area contributed by atoms with Gasteiger partial charge in [-0.2, -0.15) is 0 Å². The Kier molecular flexibility index (Phi) is 5.02. The number of fused-ring (bicyclic) bond motifs is 2. The topological polar surface area (TPSA) is 90.5 Å². The molecule has 0 unspecified atom stereocenters. The summed E-state index contributed by atoms with van der Waals surface area (Å²) in [5.74, 6) is -2.17. The SMILES string of the molecule is C[C@]1(O)C[C@@H](NC(=O)[C@@H]2NC[C@@]3(C(=O)Nc4cc(Cl)ccc43)[C@H]2c2cccc(Cl)c2F)C1. The fourth-order valence-electron chi connectivity index (χ4n) is 5.48. The van der Waals surface area contributed by atoms with Crippen LogP contribution in [0.1, 0.15) is 36.8 Å². The number of hydrogen-bond acceptors (Lipinski definition) is 4. The molecule has 0 radical (unpaired) electrons. The molecular weight excluding hydrogens is 456 g/mol. The summed E-state index contributed by atoms with van der Waals surface area (Å²) < 4.78 is 15.3. The van der Waals surface area contributed by atoms with Gasteiger partial charge in [-0.05, 0) is 49.1 Å². The zero-order valence-electron chi connectivity index (χ0n) is 17.2. The number of rotatable bonds is 3. The monoisotopic (exact) mass is 477 g/mol. The van der Waals surface area contributed by atoms with E-state index in [2.05, 4.69) is 16.0 Å². The molecule has 3 aliphatic rings. The highest BCUT2D eigenvalue weighted by molar-refractivity contribution is 6.31. The molecular formula is C23H22Cl2FN3O3. The number of carbonyl (C=O) groups excluding carboxylic acids is 2. The highest BCUT2D eigenvalue weighted by atomic mass is 35.5. The zero-order chi connectivity index (χ0) is 22.8. The molecule has 2 aliphatic heterocycles. The van der Waals surface area contributed by atoms with Crippen molar-refractivity contribution in [2.45, 2.75) is 48.8 Å². The normalized spacial score (nSPS) is 33.0. The lowest BCUT2D eigenvalue weighted by Gasteiger charge is -2.42. The van der Waals surface area contributed by atoms with Crippen molar-refractivity contribution in [3.8, 4) is 0 Å². The molecule has 1 saturated heterocycles. The van der Waals surface area contributed by atoms with Gasteiger partial charge in [-0.25, -0.2) is 4.39 Å². The van der Waals surface area contributed by atoms with E-state index in [9.17, 15) is 14.7 Å². The minimum absolute atomic E-state index is 0.0755. The first-order chi connectivity index (χ1) is 15.1. The third kappa shape index (κ3) is 3.22. The summed E-state index contributed by atoms with van der Waals surface area (Å²) in [7, 11) is 0. The van der Waals surface area contributed by atoms with Gasteiger partial charge in [0, 0.05) is 29.2 Å². The predicted octanol–water partition coefficient (Wildman–Crippen LogP) is 3.11. The second-order valence-electron chi connectivity index (χ2n) is 9.21. The minimum atomic E-state index is -1.21. The minimum Gasteiger partial charge on any atom is -0.390 e. The average Bonchev–Trinajstić information content (AvgIpc) is 3.22. The van der Waals surface area contributed by atoms with Crippen molar-refractivity contribution in [1.29, 1.82) is 0 Å². The largest absolute Gasteiger partial charge is 0.390 e. The smallest absolute Gasteiger partial charge is 0.238 e. The van der Waals surface area contributed by atoms with E-state index in [4.69, 9.17) is 23.2 Å². The van der Waals surface area contributed by atoms with Crippen LogP contribution in [-0.4, -0.2) is 41.2 Å². The Labute approximate surface area is 194 Å². The van der Waals surface area contributed by atoms with Gasteiger partial charge in [-0.3, -0.25) is 9.59 Å². The molecule has 32 heavy (non-hydrogen) atoms. The molecule has 2 fully saturated rings. The highest BCUT2D eigenvalue weighted by Crippen LogP contribution is 2.52. The van der Waals surface area contributed by atoms with E-state index in [1.54, 1.807) is 37.3 Å². The third-order valence-electron chi connectivity index (χ3n) is 6.90. The highest BCUT2D eigenvalue weighted by Gasteiger charge is 2.61. The molecule has 0 bridgehead atoms. The molecule has 1 spiro atoms. The van der Waals surface area contributed by atoms with E-state index in [0.717, 1.165) is 0 Å². The van der Waals surface area contributed by atoms with Crippen molar-refractivity contribution in [3.05, 3.63) is 63.4 Å². The van der Waals surface area contributed by atoms with Gasteiger partial charge in [0.2, 0.25) is 11.8 Å². The van der Waals surface area contributed by atoms with Crippen LogP contribution in [0.3, 0.4) is 0 Å². The molecule has 0 aromatic heterocycles. The Hall–Kier alpha value is -2.19. The van der Waals surface area contributed by atoms with Gasteiger partial charge in [-0.1, -0.05) is 41.4 Å². The number of amides is 2. The van der Waals surface area contributed by atoms with Crippen LogP contribution in [0.5, 0.6) is 0 Å². The van der Waals surface area contributed by atoms with Crippen LogP contribution in [0.2, 0.25) is 10.0 Å². The molecule has 3 atom stereocenters. The molecule has 2 aromatic carbocycles. The summed E-state index contributed by atoms with van der Waals surface area (Å²) in [6.45, 7) is 1.86. The number of carbonyl (C=O) groups is 2. The quantitative estimate of drug-likeness (QED) is 0.546. The molecule has 1 saturated carbocycles. The first kappa shape index (κ1) is 21.6. The maximum absolute atomic E-state index is 15.3. The molecule has 2 aromatic rings. The summed E-state index contributed by atoms with van der Waals surface area (Å²) >= 11 is 12.2. The number of hydrogen-bond donors (Lipinski definition) is 4. The van der Waals surface area contributed by atoms with E-state index in [-0.39, 0.29) is 35.0 Å². The summed E-state index contributed by atoms with van der Waals surface area (Å²) in [4.78, 5) is 26.7. The number of aliphatic hydroxyl groups is 1. The van der Waals surface area contributed by atoms with E-state index in [1.807, 2.05) is 0 Å². The van der Waals surface area contributed by atoms with E-state index >= 15 is 4.39 Å². The Morgan fingerprint density at radius 2 is 2.00 bits per heavy atom. The number of anilines is 1. The van der Waals surface area contributed by atoms with Crippen molar-refractivity contribution < 1.29 is 19.1 Å². The Balaban J connectivity index is 1.59. The van der Waals surface area contributed by atoms with Gasteiger partial charge < -0.3 is 21.1 Å². The molecule has 6 nitrogen and oxygen atoms in total. The second-order valence-corrected chi connectivity index (χ2v) is 10.0. The van der Waals surface area contributed by atoms with Crippen molar-refractivity contribution in [1.82, 2.24) is 10.6 Å². The van der Waals surface area contributed by atoms with Crippen LogP contribution in [0.4, 0.5) is 10.1 Å². The fraction of sp³-hybridized carbons (Fsp3) is 0.391. The molecule has 9 heteroatoms. The predicted molar refractivity (Wildman–Crippen MR) is 119 cm³/mol. The van der Waals surface area contributed by atoms with Crippen LogP contribution in [0.25, 0.3) is 0 Å². The lowest BCUT2D eigenvalue weighted by atomic mass is 9.68. The van der Waals surface area contributed by atoms with Crippen molar-refractivity contribution in [2.75, 3.05) is 11.9 Å². The van der Waals surface area contributed by atoms with Crippen LogP contribution in [-0.2, 0) is 15.0 Å². The third-order valence-corrected chi connectivity index (χ3v) is 7.43. The van der Waals surface area contributed by atoms with Crippen LogP contribution in [0, 0.1) is 5.82 Å². The summed E-state index contributed by atoms with van der Waals surface area (Å²) in [6, 6.07) is 8.64. The number of halogens is 3. The summed E-state index contributed by atoms with van der Waals surface area (Å²) in [5, 5.41) is 19.3. The molecule has 4 N–H and O–H groups in total. The van der Waals surface area contributed by atoms with Crippen LogP contribution < -0.4 is 16.0 Å². The molecule has 2 heterocycles. The van der Waals surface area contributed by atoms with Gasteiger partial charge in [0.05, 0.1) is 22.1 Å². The van der Waals surface area contributed by atoms with Crippen LogP contribution in [0.15, 0.2) is 36.4 Å².